The molecule has 2 fully saturated rings. The lowest BCUT2D eigenvalue weighted by Crippen LogP contribution is -2.49. The minimum atomic E-state index is -4.75. The number of alkyl halides is 1. The maximum Gasteiger partial charge on any atom is 0.329 e. The molecule has 2 saturated carbocycles. The molecule has 4 heterocycles. The molecule has 0 bridgehead atoms. The summed E-state index contributed by atoms with van der Waals surface area (Å²) < 4.78 is 117. The number of amides is 1. The molecule has 2 atom stereocenters. The van der Waals surface area contributed by atoms with Gasteiger partial charge < -0.3 is 10.1 Å². The van der Waals surface area contributed by atoms with Crippen LogP contribution >= 0.6 is 0 Å². The Kier molecular flexibility index (Phi) is 6.39. The molecule has 4 aromatic heterocycles. The number of benzene rings is 2. The van der Waals surface area contributed by atoms with Crippen LogP contribution in [0.4, 0.5) is 8.78 Å². The molecule has 0 saturated heterocycles. The molecule has 0 spiro atoms. The molecule has 15 heteroatoms. The fraction of sp³-hybridized carbons (Fsp3) is 0.351. The van der Waals surface area contributed by atoms with Crippen molar-refractivity contribution in [2.24, 2.45) is 19.9 Å². The molecule has 0 aliphatic heterocycles. The lowest BCUT2D eigenvalue weighted by Gasteiger charge is -2.38. The molecule has 52 heavy (non-hydrogen) atoms. The largest absolute Gasteiger partial charge is 0.497 e. The fourth-order valence-corrected chi connectivity index (χ4v) is 8.93. The van der Waals surface area contributed by atoms with E-state index in [1.807, 2.05) is 6.92 Å². The van der Waals surface area contributed by atoms with Crippen LogP contribution < -0.4 is 15.7 Å². The average Bonchev–Trinajstić information content (AvgIpc) is 3.46. The van der Waals surface area contributed by atoms with Crippen molar-refractivity contribution in [3.63, 3.8) is 0 Å². The van der Waals surface area contributed by atoms with Crippen LogP contribution in [0.15, 0.2) is 76.7 Å². The number of hydrogen-bond acceptors (Lipinski definition) is 7. The Morgan fingerprint density at radius 2 is 1.81 bits per heavy atom. The van der Waals surface area contributed by atoms with Crippen LogP contribution in [0.2, 0.25) is 0 Å². The number of halogens is 2. The van der Waals surface area contributed by atoms with Gasteiger partial charge in [0, 0.05) is 45.5 Å². The molecule has 1 amide bonds. The molecule has 0 radical (unpaired) electrons. The van der Waals surface area contributed by atoms with Gasteiger partial charge in [-0.05, 0) is 68.9 Å². The summed E-state index contributed by atoms with van der Waals surface area (Å²) in [5.74, 6) is -2.04. The first-order valence-electron chi connectivity index (χ1n) is 19.6. The van der Waals surface area contributed by atoms with Gasteiger partial charge in [0.25, 0.3) is 10.0 Å². The van der Waals surface area contributed by atoms with Crippen LogP contribution in [0.1, 0.15) is 53.3 Å². The Morgan fingerprint density at radius 3 is 2.42 bits per heavy atom. The van der Waals surface area contributed by atoms with Crippen LogP contribution in [0.5, 0.6) is 5.75 Å². The first kappa shape index (κ1) is 27.4. The maximum atomic E-state index is 16.3. The van der Waals surface area contributed by atoms with Crippen molar-refractivity contribution >= 4 is 38.0 Å². The molecule has 270 valence electrons. The normalized spacial score (nSPS) is 24.0. The van der Waals surface area contributed by atoms with Gasteiger partial charge in [-0.3, -0.25) is 18.6 Å². The third kappa shape index (κ3) is 5.31. The summed E-state index contributed by atoms with van der Waals surface area (Å²) in [6, 6.07) is 12.7. The summed E-state index contributed by atoms with van der Waals surface area (Å²) in [7, 11) is -3.31. The molecule has 1 N–H and O–H groups in total. The van der Waals surface area contributed by atoms with Crippen molar-refractivity contribution in [3.8, 4) is 28.1 Å². The summed E-state index contributed by atoms with van der Waals surface area (Å²) in [6.45, 7) is -4.20. The second kappa shape index (κ2) is 12.1. The number of imidazole rings is 1. The number of aromatic nitrogens is 6. The van der Waals surface area contributed by atoms with Gasteiger partial charge in [0.05, 0.1) is 51.8 Å². The SMILES string of the molecule is [2H]C([2H])([2H])n1cc(-c2c(-c3ccc(OC)cc3)c3c(ncc4c3n(C3CCC(C)(NC(=O)[C@H]5C[C@H]5F)CC3)c(=O)n4C([2H])([2H])[2H])n2S(=O)(=O)c2ccccc2)c(F)n1. The lowest BCUT2D eigenvalue weighted by atomic mass is 9.80. The van der Waals surface area contributed by atoms with Crippen LogP contribution in [0.3, 0.4) is 0 Å². The molecule has 6 aromatic rings. The number of aryl methyl sites for hydroxylation is 2. The number of pyridine rings is 1. The van der Waals surface area contributed by atoms with Gasteiger partial charge in [-0.15, -0.1) is 5.10 Å². The summed E-state index contributed by atoms with van der Waals surface area (Å²) in [6.07, 6.45) is 2.05. The lowest BCUT2D eigenvalue weighted by molar-refractivity contribution is -0.125. The number of hydrogen-bond donors (Lipinski definition) is 1. The molecular formula is C37H37F2N7O5S. The van der Waals surface area contributed by atoms with Crippen LogP contribution in [0, 0.1) is 11.9 Å². The highest BCUT2D eigenvalue weighted by molar-refractivity contribution is 7.90. The zero-order valence-electron chi connectivity index (χ0n) is 34.0. The predicted octanol–water partition coefficient (Wildman–Crippen LogP) is 5.49. The van der Waals surface area contributed by atoms with Crippen molar-refractivity contribution in [3.05, 3.63) is 83.4 Å². The molecule has 12 nitrogen and oxygen atoms in total. The van der Waals surface area contributed by atoms with Gasteiger partial charge in [0.15, 0.2) is 5.65 Å². The molecular weight excluding hydrogens is 693 g/mol. The van der Waals surface area contributed by atoms with E-state index in [1.54, 1.807) is 30.3 Å². The highest BCUT2D eigenvalue weighted by atomic mass is 32.2. The van der Waals surface area contributed by atoms with Crippen molar-refractivity contribution in [1.82, 2.24) is 33.2 Å². The van der Waals surface area contributed by atoms with E-state index in [-0.39, 0.29) is 63.0 Å². The van der Waals surface area contributed by atoms with Gasteiger partial charge >= 0.3 is 5.69 Å². The number of rotatable bonds is 8. The first-order valence-corrected chi connectivity index (χ1v) is 18.1. The zero-order chi connectivity index (χ0) is 41.7. The monoisotopic (exact) mass is 735 g/mol. The van der Waals surface area contributed by atoms with E-state index in [2.05, 4.69) is 15.4 Å². The van der Waals surface area contributed by atoms with Gasteiger partial charge in [-0.2, -0.15) is 4.39 Å². The average molecular weight is 736 g/mol. The summed E-state index contributed by atoms with van der Waals surface area (Å²) in [5, 5.41) is 6.51. The second-order valence-electron chi connectivity index (χ2n) is 13.6. The molecule has 0 unspecified atom stereocenters. The number of nitrogens with zero attached hydrogens (tertiary/aromatic N) is 6. The van der Waals surface area contributed by atoms with Crippen LogP contribution in [-0.2, 0) is 28.8 Å². The van der Waals surface area contributed by atoms with E-state index in [0.29, 0.717) is 27.8 Å². The van der Waals surface area contributed by atoms with Gasteiger partial charge in [-0.1, -0.05) is 30.3 Å². The van der Waals surface area contributed by atoms with E-state index >= 15 is 4.39 Å². The third-order valence-electron chi connectivity index (χ3n) is 10.3. The number of ether oxygens (including phenoxy) is 1. The van der Waals surface area contributed by atoms with Crippen molar-refractivity contribution < 1.29 is 35.0 Å². The predicted molar refractivity (Wildman–Crippen MR) is 191 cm³/mol. The topological polar surface area (TPSA) is 135 Å². The van der Waals surface area contributed by atoms with Gasteiger partial charge in [0.1, 0.15) is 11.9 Å². The molecule has 2 aliphatic rings. The van der Waals surface area contributed by atoms with E-state index in [0.717, 1.165) is 16.4 Å². The minimum Gasteiger partial charge on any atom is -0.497 e. The Morgan fingerprint density at radius 1 is 1.10 bits per heavy atom. The highest BCUT2D eigenvalue weighted by Gasteiger charge is 2.46. The molecule has 2 aliphatic carbocycles. The number of carbonyl (C=O) groups is 1. The van der Waals surface area contributed by atoms with Gasteiger partial charge in [-0.25, -0.2) is 26.6 Å². The van der Waals surface area contributed by atoms with E-state index in [1.165, 1.54) is 35.9 Å². The van der Waals surface area contributed by atoms with Crippen LogP contribution in [-0.4, -0.2) is 61.0 Å². The Balaban J connectivity index is 1.48. The van der Waals surface area contributed by atoms with E-state index in [4.69, 9.17) is 13.0 Å². The summed E-state index contributed by atoms with van der Waals surface area (Å²) in [5.41, 5.74) is -2.88. The number of nitrogens with one attached hydrogen (secondary N) is 1. The fourth-order valence-electron chi connectivity index (χ4n) is 7.42. The summed E-state index contributed by atoms with van der Waals surface area (Å²) in [4.78, 5) is 31.6. The second-order valence-corrected chi connectivity index (χ2v) is 15.4. The summed E-state index contributed by atoms with van der Waals surface area (Å²) >= 11 is 0. The minimum absolute atomic E-state index is 0.0142. The standard InChI is InChI=1S/C37H37F2N7O5S/c1-37(41-35(47)25-18-27(25)38)16-14-22(15-17-37)45-32-28(44(3)36(45)48)19-40-34-30(32)29(21-10-12-23(51-4)13-11-21)31(26-20-43(2)42-33(26)39)46(34)52(49,50)24-8-6-5-7-9-24/h5-13,19-20,22,25,27H,14-18H2,1-4H3,(H,41,47)/t22?,25-,27+,37?/m0/s1/i2D3,3D3. The first-order chi connectivity index (χ1) is 27.2. The number of methoxy groups -OCH3 is 1. The Hall–Kier alpha value is -5.31. The smallest absolute Gasteiger partial charge is 0.329 e. The Bertz CT molecular complexity index is 2770. The maximum absolute atomic E-state index is 16.3. The highest BCUT2D eigenvalue weighted by Crippen LogP contribution is 2.47. The molecule has 8 rings (SSSR count). The van der Waals surface area contributed by atoms with Crippen molar-refractivity contribution in [2.45, 2.75) is 61.7 Å². The quantitative estimate of drug-likeness (QED) is 0.219. The van der Waals surface area contributed by atoms with E-state index < -0.39 is 70.8 Å². The van der Waals surface area contributed by atoms with Crippen molar-refractivity contribution in [2.75, 3.05) is 7.11 Å². The zero-order valence-corrected chi connectivity index (χ0v) is 28.8. The Labute approximate surface area is 306 Å². The van der Waals surface area contributed by atoms with E-state index in [9.17, 15) is 22.4 Å². The number of carbonyl (C=O) groups excluding carboxylic acids is 1. The van der Waals surface area contributed by atoms with Crippen LogP contribution in [0.25, 0.3) is 44.5 Å². The molecule has 2 aromatic carbocycles. The number of fused-ring (bicyclic) bond motifs is 3. The van der Waals surface area contributed by atoms with Crippen molar-refractivity contribution in [1.29, 1.82) is 0 Å². The third-order valence-corrected chi connectivity index (χ3v) is 12.0. The van der Waals surface area contributed by atoms with Gasteiger partial charge in [0.2, 0.25) is 11.9 Å².